The van der Waals surface area contributed by atoms with Gasteiger partial charge in [-0.1, -0.05) is 166 Å². The van der Waals surface area contributed by atoms with E-state index in [0.717, 1.165) is 0 Å². The maximum absolute atomic E-state index is 2.50. The maximum atomic E-state index is 2.50. The predicted molar refractivity (Wildman–Crippen MR) is 243 cm³/mol. The third-order valence-corrected chi connectivity index (χ3v) is 13.8. The van der Waals surface area contributed by atoms with Crippen molar-refractivity contribution in [2.45, 2.75) is 19.3 Å². The first kappa shape index (κ1) is 31.8. The number of benzene rings is 10. The fourth-order valence-electron chi connectivity index (χ4n) is 9.97. The molecule has 10 aromatic carbocycles. The van der Waals surface area contributed by atoms with Crippen molar-refractivity contribution >= 4 is 74.6 Å². The quantitative estimate of drug-likeness (QED) is 0.159. The highest BCUT2D eigenvalue weighted by atomic mass is 32.1. The van der Waals surface area contributed by atoms with Crippen molar-refractivity contribution in [3.8, 4) is 44.5 Å². The molecule has 0 nitrogen and oxygen atoms in total. The molecule has 1 heteroatoms. The molecule has 0 N–H and O–H groups in total. The first-order chi connectivity index (χ1) is 27.5. The minimum Gasteiger partial charge on any atom is -0.135 e. The highest BCUT2D eigenvalue weighted by Crippen LogP contribution is 2.52. The van der Waals surface area contributed by atoms with Crippen LogP contribution in [0, 0.1) is 0 Å². The molecule has 0 fully saturated rings. The summed E-state index contributed by atoms with van der Waals surface area (Å²) in [7, 11) is 0. The van der Waals surface area contributed by atoms with Gasteiger partial charge in [-0.2, -0.15) is 0 Å². The fourth-order valence-corrected chi connectivity index (χ4v) is 11.1. The monoisotopic (exact) mass is 728 g/mol. The van der Waals surface area contributed by atoms with E-state index in [1.165, 1.54) is 119 Å². The Morgan fingerprint density at radius 3 is 1.68 bits per heavy atom. The zero-order chi connectivity index (χ0) is 37.1. The summed E-state index contributed by atoms with van der Waals surface area (Å²) < 4.78 is 2.72. The van der Waals surface area contributed by atoms with Gasteiger partial charge in [-0.3, -0.25) is 0 Å². The first-order valence-corrected chi connectivity index (χ1v) is 20.4. The Morgan fingerprint density at radius 1 is 0.339 bits per heavy atom. The second-order valence-electron chi connectivity index (χ2n) is 16.0. The van der Waals surface area contributed by atoms with Crippen LogP contribution in [-0.4, -0.2) is 0 Å². The van der Waals surface area contributed by atoms with Crippen molar-refractivity contribution in [2.75, 3.05) is 0 Å². The fraction of sp³-hybridized carbons (Fsp3) is 0.0545. The van der Waals surface area contributed by atoms with Gasteiger partial charge in [0.2, 0.25) is 0 Å². The molecule has 1 aromatic heterocycles. The van der Waals surface area contributed by atoms with E-state index in [2.05, 4.69) is 196 Å². The largest absolute Gasteiger partial charge is 0.135 e. The lowest BCUT2D eigenvalue weighted by Gasteiger charge is -2.22. The molecular formula is C55H36S. The van der Waals surface area contributed by atoms with Crippen molar-refractivity contribution in [1.82, 2.24) is 0 Å². The van der Waals surface area contributed by atoms with Crippen LogP contribution in [0.3, 0.4) is 0 Å². The van der Waals surface area contributed by atoms with Gasteiger partial charge in [-0.05, 0) is 129 Å². The van der Waals surface area contributed by atoms with Crippen LogP contribution in [0.2, 0.25) is 0 Å². The second kappa shape index (κ2) is 11.7. The van der Waals surface area contributed by atoms with Crippen LogP contribution in [0.5, 0.6) is 0 Å². The van der Waals surface area contributed by atoms with Gasteiger partial charge in [0.25, 0.3) is 0 Å². The van der Waals surface area contributed by atoms with Gasteiger partial charge in [0.05, 0.1) is 0 Å². The number of hydrogen-bond donors (Lipinski definition) is 0. The molecule has 0 aliphatic heterocycles. The first-order valence-electron chi connectivity index (χ1n) is 19.6. The van der Waals surface area contributed by atoms with Crippen LogP contribution in [0.4, 0.5) is 0 Å². The van der Waals surface area contributed by atoms with Crippen LogP contribution < -0.4 is 0 Å². The van der Waals surface area contributed by atoms with E-state index in [9.17, 15) is 0 Å². The smallest absolute Gasteiger partial charge is 0.0361 e. The lowest BCUT2D eigenvalue weighted by molar-refractivity contribution is 0.661. The van der Waals surface area contributed by atoms with E-state index in [4.69, 9.17) is 0 Å². The highest BCUT2D eigenvalue weighted by Gasteiger charge is 2.36. The summed E-state index contributed by atoms with van der Waals surface area (Å²) in [4.78, 5) is 0. The number of thiophene rings is 1. The molecule has 12 rings (SSSR count). The van der Waals surface area contributed by atoms with Crippen LogP contribution in [-0.2, 0) is 5.41 Å². The van der Waals surface area contributed by atoms with E-state index < -0.39 is 0 Å². The Bertz CT molecular complexity index is 3370. The summed E-state index contributed by atoms with van der Waals surface area (Å²) in [6, 6.07) is 68.2. The highest BCUT2D eigenvalue weighted by molar-refractivity contribution is 7.26. The molecular weight excluding hydrogens is 693 g/mol. The topological polar surface area (TPSA) is 0 Å². The Hall–Kier alpha value is -6.54. The number of rotatable bonds is 3. The lowest BCUT2D eigenvalue weighted by Crippen LogP contribution is -2.14. The average Bonchev–Trinajstić information content (AvgIpc) is 3.73. The van der Waals surface area contributed by atoms with Gasteiger partial charge in [0.1, 0.15) is 0 Å². The van der Waals surface area contributed by atoms with Crippen LogP contribution in [0.25, 0.3) is 108 Å². The summed E-state index contributed by atoms with van der Waals surface area (Å²) in [5.74, 6) is 0. The van der Waals surface area contributed by atoms with Gasteiger partial charge in [0.15, 0.2) is 0 Å². The average molecular weight is 729 g/mol. The van der Waals surface area contributed by atoms with Gasteiger partial charge in [-0.15, -0.1) is 11.3 Å². The van der Waals surface area contributed by atoms with E-state index in [0.29, 0.717) is 0 Å². The molecule has 262 valence electrons. The van der Waals surface area contributed by atoms with Crippen LogP contribution >= 0.6 is 11.3 Å². The molecule has 0 saturated carbocycles. The summed E-state index contributed by atoms with van der Waals surface area (Å²) in [6.45, 7) is 4.79. The van der Waals surface area contributed by atoms with E-state index in [-0.39, 0.29) is 5.41 Å². The van der Waals surface area contributed by atoms with E-state index in [1.807, 2.05) is 11.3 Å². The molecule has 1 aliphatic rings. The standard InChI is InChI=1S/C55H36S/c1-55(2)48-28-26-36(30-46(48)47-31-37-27-29-51-54(45(37)32-49(47)55)44-19-9-10-21-50(44)56-51)33-22-24-35(25-23-33)52-40-15-5-7-17-42(40)53(43-18-8-6-16-41(43)52)39-20-11-13-34-12-3-4-14-38(34)39/h3-32H,1-2H3. The number of fused-ring (bicyclic) bond motifs is 11. The third-order valence-electron chi connectivity index (χ3n) is 12.6. The van der Waals surface area contributed by atoms with Crippen molar-refractivity contribution in [3.05, 3.63) is 193 Å². The maximum Gasteiger partial charge on any atom is 0.0361 e. The summed E-state index contributed by atoms with van der Waals surface area (Å²) in [6.07, 6.45) is 0. The van der Waals surface area contributed by atoms with E-state index in [1.54, 1.807) is 0 Å². The van der Waals surface area contributed by atoms with Crippen molar-refractivity contribution in [3.63, 3.8) is 0 Å². The molecule has 0 bridgehead atoms. The molecule has 0 atom stereocenters. The molecule has 1 aliphatic carbocycles. The lowest BCUT2D eigenvalue weighted by atomic mass is 9.81. The van der Waals surface area contributed by atoms with Crippen molar-refractivity contribution < 1.29 is 0 Å². The minimum absolute atomic E-state index is 0.0878. The Kier molecular flexibility index (Phi) is 6.66. The third kappa shape index (κ3) is 4.47. The van der Waals surface area contributed by atoms with Crippen molar-refractivity contribution in [1.29, 1.82) is 0 Å². The Balaban J connectivity index is 0.991. The zero-order valence-corrected chi connectivity index (χ0v) is 32.0. The molecule has 0 spiro atoms. The molecule has 11 aromatic rings. The SMILES string of the molecule is CC1(C)c2ccc(-c3ccc(-c4c5ccccc5c(-c5cccc6ccccc56)c5ccccc45)cc3)cc2-c2cc3ccc4sc5ccccc5c4c3cc21. The van der Waals surface area contributed by atoms with Gasteiger partial charge >= 0.3 is 0 Å². The normalized spacial score (nSPS) is 13.3. The Morgan fingerprint density at radius 2 is 0.929 bits per heavy atom. The van der Waals surface area contributed by atoms with Crippen molar-refractivity contribution in [2.24, 2.45) is 0 Å². The van der Waals surface area contributed by atoms with Gasteiger partial charge < -0.3 is 0 Å². The molecule has 1 heterocycles. The van der Waals surface area contributed by atoms with Gasteiger partial charge in [-0.25, -0.2) is 0 Å². The van der Waals surface area contributed by atoms with Crippen LogP contribution in [0.15, 0.2) is 182 Å². The zero-order valence-electron chi connectivity index (χ0n) is 31.2. The minimum atomic E-state index is -0.0878. The molecule has 56 heavy (non-hydrogen) atoms. The van der Waals surface area contributed by atoms with Gasteiger partial charge in [0, 0.05) is 25.6 Å². The summed E-state index contributed by atoms with van der Waals surface area (Å²) in [5, 5.41) is 13.1. The molecule has 0 radical (unpaired) electrons. The Labute approximate surface area is 329 Å². The molecule has 0 amide bonds. The second-order valence-corrected chi connectivity index (χ2v) is 17.1. The molecule has 0 saturated heterocycles. The van der Waals surface area contributed by atoms with E-state index >= 15 is 0 Å². The summed E-state index contributed by atoms with van der Waals surface area (Å²) in [5.41, 5.74) is 13.0. The summed E-state index contributed by atoms with van der Waals surface area (Å²) >= 11 is 1.90. The predicted octanol–water partition coefficient (Wildman–Crippen LogP) is 16.0. The van der Waals surface area contributed by atoms with Crippen LogP contribution in [0.1, 0.15) is 25.0 Å². The number of hydrogen-bond acceptors (Lipinski definition) is 1. The molecule has 0 unspecified atom stereocenters.